The highest BCUT2D eigenvalue weighted by atomic mass is 19.1. The van der Waals surface area contributed by atoms with E-state index in [9.17, 15) is 14.0 Å². The Morgan fingerprint density at radius 3 is 2.33 bits per heavy atom. The van der Waals surface area contributed by atoms with Crippen LogP contribution in [0.2, 0.25) is 0 Å². The zero-order valence-electron chi connectivity index (χ0n) is 13.0. The van der Waals surface area contributed by atoms with Crippen molar-refractivity contribution in [2.24, 2.45) is 0 Å². The minimum Gasteiger partial charge on any atom is -0.396 e. The molecule has 6 heteroatoms. The molecule has 0 aromatic heterocycles. The molecule has 2 aromatic carbocycles. The maximum absolute atomic E-state index is 13.5. The van der Waals surface area contributed by atoms with Crippen LogP contribution in [0.1, 0.15) is 17.9 Å². The quantitative estimate of drug-likeness (QED) is 0.709. The van der Waals surface area contributed by atoms with Gasteiger partial charge in [0.2, 0.25) is 0 Å². The molecule has 0 saturated heterocycles. The van der Waals surface area contributed by atoms with Crippen molar-refractivity contribution in [2.45, 2.75) is 12.3 Å². The minimum absolute atomic E-state index is 0.0309. The number of benzene rings is 2. The van der Waals surface area contributed by atoms with Gasteiger partial charge in [0.1, 0.15) is 5.82 Å². The molecule has 0 bridgehead atoms. The molecule has 0 saturated carbocycles. The Balaban J connectivity index is 1.93. The van der Waals surface area contributed by atoms with E-state index in [2.05, 4.69) is 10.6 Å². The third-order valence-electron chi connectivity index (χ3n) is 3.59. The fourth-order valence-electron chi connectivity index (χ4n) is 2.31. The Morgan fingerprint density at radius 2 is 1.67 bits per heavy atom. The van der Waals surface area contributed by atoms with Crippen LogP contribution in [0.25, 0.3) is 0 Å². The molecule has 2 rings (SSSR count). The SMILES string of the molecule is O=C(NCC(CCO)c1ccccc1)C(=O)Nc1ccccc1F. The summed E-state index contributed by atoms with van der Waals surface area (Å²) in [6.45, 7) is 0.172. The number of halogens is 1. The molecule has 0 aliphatic heterocycles. The first-order valence-electron chi connectivity index (χ1n) is 7.61. The summed E-state index contributed by atoms with van der Waals surface area (Å²) in [5, 5.41) is 13.9. The number of carbonyl (C=O) groups is 2. The summed E-state index contributed by atoms with van der Waals surface area (Å²) in [5.74, 6) is -2.50. The van der Waals surface area contributed by atoms with Crippen molar-refractivity contribution in [3.05, 3.63) is 66.0 Å². The van der Waals surface area contributed by atoms with E-state index < -0.39 is 17.6 Å². The van der Waals surface area contributed by atoms with Gasteiger partial charge in [0.05, 0.1) is 5.69 Å². The summed E-state index contributed by atoms with van der Waals surface area (Å²) in [7, 11) is 0. The molecule has 0 radical (unpaired) electrons. The van der Waals surface area contributed by atoms with Crippen molar-refractivity contribution in [1.29, 1.82) is 0 Å². The van der Waals surface area contributed by atoms with Crippen molar-refractivity contribution >= 4 is 17.5 Å². The second-order valence-electron chi connectivity index (χ2n) is 5.26. The summed E-state index contributed by atoms with van der Waals surface area (Å²) < 4.78 is 13.5. The molecule has 0 aliphatic rings. The molecule has 0 fully saturated rings. The number of rotatable bonds is 6. The number of anilines is 1. The van der Waals surface area contributed by atoms with Gasteiger partial charge in [0.25, 0.3) is 0 Å². The van der Waals surface area contributed by atoms with E-state index in [1.54, 1.807) is 6.07 Å². The number of aliphatic hydroxyl groups excluding tert-OH is 1. The zero-order valence-corrected chi connectivity index (χ0v) is 13.0. The van der Waals surface area contributed by atoms with Crippen molar-refractivity contribution in [1.82, 2.24) is 5.32 Å². The number of para-hydroxylation sites is 1. The number of nitrogens with one attached hydrogen (secondary N) is 2. The van der Waals surface area contributed by atoms with Gasteiger partial charge in [-0.05, 0) is 24.1 Å². The van der Waals surface area contributed by atoms with Gasteiger partial charge in [0.15, 0.2) is 0 Å². The van der Waals surface area contributed by atoms with Crippen molar-refractivity contribution < 1.29 is 19.1 Å². The van der Waals surface area contributed by atoms with Crippen LogP contribution in [-0.4, -0.2) is 30.1 Å². The fourth-order valence-corrected chi connectivity index (χ4v) is 2.31. The number of aliphatic hydroxyl groups is 1. The average molecular weight is 330 g/mol. The van der Waals surface area contributed by atoms with Crippen molar-refractivity contribution in [3.8, 4) is 0 Å². The lowest BCUT2D eigenvalue weighted by Crippen LogP contribution is -2.38. The van der Waals surface area contributed by atoms with Gasteiger partial charge >= 0.3 is 11.8 Å². The molecule has 24 heavy (non-hydrogen) atoms. The van der Waals surface area contributed by atoms with Crippen LogP contribution in [0.5, 0.6) is 0 Å². The lowest BCUT2D eigenvalue weighted by molar-refractivity contribution is -0.136. The third-order valence-corrected chi connectivity index (χ3v) is 3.59. The Labute approximate surface area is 139 Å². The monoisotopic (exact) mass is 330 g/mol. The molecule has 1 atom stereocenters. The molecule has 0 aliphatic carbocycles. The van der Waals surface area contributed by atoms with Crippen LogP contribution in [-0.2, 0) is 9.59 Å². The summed E-state index contributed by atoms with van der Waals surface area (Å²) in [6, 6.07) is 15.0. The highest BCUT2D eigenvalue weighted by Gasteiger charge is 2.18. The van der Waals surface area contributed by atoms with Gasteiger partial charge < -0.3 is 15.7 Å². The molecule has 2 aromatic rings. The Hall–Kier alpha value is -2.73. The number of carbonyl (C=O) groups excluding carboxylic acids is 2. The van der Waals surface area contributed by atoms with E-state index >= 15 is 0 Å². The van der Waals surface area contributed by atoms with E-state index in [4.69, 9.17) is 5.11 Å². The maximum atomic E-state index is 13.5. The zero-order chi connectivity index (χ0) is 17.4. The van der Waals surface area contributed by atoms with Crippen molar-refractivity contribution in [3.63, 3.8) is 0 Å². The number of amides is 2. The molecular weight excluding hydrogens is 311 g/mol. The van der Waals surface area contributed by atoms with Gasteiger partial charge in [0, 0.05) is 19.1 Å². The first-order valence-corrected chi connectivity index (χ1v) is 7.61. The number of hydrogen-bond donors (Lipinski definition) is 3. The van der Waals surface area contributed by atoms with Crippen molar-refractivity contribution in [2.75, 3.05) is 18.5 Å². The van der Waals surface area contributed by atoms with Crippen LogP contribution in [0.15, 0.2) is 54.6 Å². The summed E-state index contributed by atoms with van der Waals surface area (Å²) >= 11 is 0. The molecule has 5 nitrogen and oxygen atoms in total. The fraction of sp³-hybridized carbons (Fsp3) is 0.222. The second-order valence-corrected chi connectivity index (χ2v) is 5.26. The lowest BCUT2D eigenvalue weighted by atomic mass is 9.96. The van der Waals surface area contributed by atoms with Crippen LogP contribution in [0.3, 0.4) is 0 Å². The topological polar surface area (TPSA) is 78.4 Å². The van der Waals surface area contributed by atoms with E-state index in [1.807, 2.05) is 30.3 Å². The van der Waals surface area contributed by atoms with Gasteiger partial charge in [-0.2, -0.15) is 0 Å². The molecule has 3 N–H and O–H groups in total. The predicted molar refractivity (Wildman–Crippen MR) is 88.9 cm³/mol. The van der Waals surface area contributed by atoms with E-state index in [0.29, 0.717) is 6.42 Å². The first-order chi connectivity index (χ1) is 11.6. The lowest BCUT2D eigenvalue weighted by Gasteiger charge is -2.17. The highest BCUT2D eigenvalue weighted by molar-refractivity contribution is 6.39. The van der Waals surface area contributed by atoms with Crippen LogP contribution < -0.4 is 10.6 Å². The Bertz CT molecular complexity index is 692. The van der Waals surface area contributed by atoms with Gasteiger partial charge in [-0.15, -0.1) is 0 Å². The molecular formula is C18H19FN2O3. The maximum Gasteiger partial charge on any atom is 0.313 e. The summed E-state index contributed by atoms with van der Waals surface area (Å²) in [4.78, 5) is 23.7. The Morgan fingerprint density at radius 1 is 1.00 bits per heavy atom. The molecule has 0 spiro atoms. The van der Waals surface area contributed by atoms with Crippen LogP contribution in [0.4, 0.5) is 10.1 Å². The highest BCUT2D eigenvalue weighted by Crippen LogP contribution is 2.18. The normalized spacial score (nSPS) is 11.6. The van der Waals surface area contributed by atoms with Gasteiger partial charge in [-0.25, -0.2) is 4.39 Å². The largest absolute Gasteiger partial charge is 0.396 e. The van der Waals surface area contributed by atoms with E-state index in [-0.39, 0.29) is 24.8 Å². The van der Waals surface area contributed by atoms with Crippen LogP contribution >= 0.6 is 0 Å². The first kappa shape index (κ1) is 17.6. The standard InChI is InChI=1S/C18H19FN2O3/c19-15-8-4-5-9-16(15)21-18(24)17(23)20-12-14(10-11-22)13-6-2-1-3-7-13/h1-9,14,22H,10-12H2,(H,20,23)(H,21,24). The van der Waals surface area contributed by atoms with E-state index in [0.717, 1.165) is 5.56 Å². The summed E-state index contributed by atoms with van der Waals surface area (Å²) in [6.07, 6.45) is 0.458. The molecule has 0 heterocycles. The number of hydrogen-bond acceptors (Lipinski definition) is 3. The minimum atomic E-state index is -0.934. The van der Waals surface area contributed by atoms with Gasteiger partial charge in [-0.3, -0.25) is 9.59 Å². The van der Waals surface area contributed by atoms with Crippen LogP contribution in [0, 0.1) is 5.82 Å². The second kappa shape index (κ2) is 8.79. The predicted octanol–water partition coefficient (Wildman–Crippen LogP) is 2.05. The molecule has 126 valence electrons. The Kier molecular flexibility index (Phi) is 6.45. The third kappa shape index (κ3) is 4.89. The molecule has 2 amide bonds. The molecule has 1 unspecified atom stereocenters. The summed E-state index contributed by atoms with van der Waals surface area (Å²) in [5.41, 5.74) is 0.911. The van der Waals surface area contributed by atoms with Gasteiger partial charge in [-0.1, -0.05) is 42.5 Å². The van der Waals surface area contributed by atoms with E-state index in [1.165, 1.54) is 18.2 Å². The smallest absolute Gasteiger partial charge is 0.313 e. The average Bonchev–Trinajstić information content (AvgIpc) is 2.61.